The third-order valence-electron chi connectivity index (χ3n) is 6.32. The fourth-order valence-electron chi connectivity index (χ4n) is 4.43. The number of hydrogen-bond acceptors (Lipinski definition) is 6. The van der Waals surface area contributed by atoms with Gasteiger partial charge in [0, 0.05) is 31.0 Å². The monoisotopic (exact) mass is 514 g/mol. The Bertz CT molecular complexity index is 1380. The predicted molar refractivity (Wildman–Crippen MR) is 146 cm³/mol. The summed E-state index contributed by atoms with van der Waals surface area (Å²) < 4.78 is 5.69. The van der Waals surface area contributed by atoms with Crippen LogP contribution in [0.5, 0.6) is 5.75 Å². The van der Waals surface area contributed by atoms with E-state index in [1.165, 1.54) is 4.90 Å². The van der Waals surface area contributed by atoms with Crippen molar-refractivity contribution in [1.29, 1.82) is 0 Å². The van der Waals surface area contributed by atoms with Crippen molar-refractivity contribution in [3.8, 4) is 5.75 Å². The number of carbonyl (C=O) groups is 3. The van der Waals surface area contributed by atoms with Crippen LogP contribution in [0.25, 0.3) is 5.76 Å². The number of hydrogen-bond donors (Lipinski definition) is 2. The van der Waals surface area contributed by atoms with E-state index in [0.717, 1.165) is 12.1 Å². The lowest BCUT2D eigenvalue weighted by Crippen LogP contribution is -2.29. The van der Waals surface area contributed by atoms with Crippen molar-refractivity contribution in [3.63, 3.8) is 0 Å². The maximum absolute atomic E-state index is 13.4. The average Bonchev–Trinajstić information content (AvgIpc) is 3.17. The molecule has 1 aliphatic rings. The minimum Gasteiger partial charge on any atom is -0.507 e. The number of rotatable bonds is 9. The Balaban J connectivity index is 1.85. The Labute approximate surface area is 221 Å². The van der Waals surface area contributed by atoms with Crippen LogP contribution in [0.1, 0.15) is 36.1 Å². The van der Waals surface area contributed by atoms with E-state index in [9.17, 15) is 19.5 Å². The molecule has 1 unspecified atom stereocenters. The maximum atomic E-state index is 13.4. The van der Waals surface area contributed by atoms with Gasteiger partial charge in [-0.1, -0.05) is 43.3 Å². The zero-order valence-electron chi connectivity index (χ0n) is 21.5. The Kier molecular flexibility index (Phi) is 7.81. The molecule has 0 saturated carbocycles. The molecule has 0 bridgehead atoms. The Hall–Kier alpha value is -4.59. The van der Waals surface area contributed by atoms with E-state index in [2.05, 4.69) is 0 Å². The van der Waals surface area contributed by atoms with Gasteiger partial charge < -0.3 is 19.8 Å². The molecule has 196 valence electrons. The minimum atomic E-state index is -0.968. The third-order valence-corrected chi connectivity index (χ3v) is 6.32. The van der Waals surface area contributed by atoms with Crippen molar-refractivity contribution in [2.75, 3.05) is 30.5 Å². The molecule has 1 saturated heterocycles. The molecule has 2 N–H and O–H groups in total. The first-order valence-corrected chi connectivity index (χ1v) is 12.3. The Morgan fingerprint density at radius 2 is 1.66 bits per heavy atom. The SMILES string of the molecule is CCCOc1cccc(/C(O)=C2/C(=O)C(=O)N(c3ccc(CC(=O)O)cc3)C2c2ccc(N(C)C)cc2)c1. The van der Waals surface area contributed by atoms with Gasteiger partial charge in [0.25, 0.3) is 11.7 Å². The van der Waals surface area contributed by atoms with E-state index >= 15 is 0 Å². The van der Waals surface area contributed by atoms with E-state index in [1.807, 2.05) is 50.2 Å². The van der Waals surface area contributed by atoms with E-state index in [4.69, 9.17) is 9.84 Å². The highest BCUT2D eigenvalue weighted by Crippen LogP contribution is 2.42. The quantitative estimate of drug-likeness (QED) is 0.240. The van der Waals surface area contributed by atoms with Gasteiger partial charge in [-0.05, 0) is 53.9 Å². The highest BCUT2D eigenvalue weighted by atomic mass is 16.5. The second-order valence-corrected chi connectivity index (χ2v) is 9.27. The topological polar surface area (TPSA) is 107 Å². The second kappa shape index (κ2) is 11.2. The fraction of sp³-hybridized carbons (Fsp3) is 0.233. The van der Waals surface area contributed by atoms with Crippen LogP contribution in [0.4, 0.5) is 11.4 Å². The molecule has 3 aromatic carbocycles. The zero-order chi connectivity index (χ0) is 27.4. The first-order chi connectivity index (χ1) is 18.2. The number of carbonyl (C=O) groups excluding carboxylic acids is 2. The van der Waals surface area contributed by atoms with Gasteiger partial charge >= 0.3 is 5.97 Å². The molecule has 3 aromatic rings. The van der Waals surface area contributed by atoms with Crippen LogP contribution in [-0.2, 0) is 20.8 Å². The molecule has 0 radical (unpaired) electrons. The van der Waals surface area contributed by atoms with Crippen molar-refractivity contribution in [3.05, 3.63) is 95.1 Å². The first-order valence-electron chi connectivity index (χ1n) is 12.3. The van der Waals surface area contributed by atoms with Gasteiger partial charge in [0.2, 0.25) is 0 Å². The fourth-order valence-corrected chi connectivity index (χ4v) is 4.43. The lowest BCUT2D eigenvalue weighted by Gasteiger charge is -2.26. The van der Waals surface area contributed by atoms with Crippen LogP contribution in [0.15, 0.2) is 78.4 Å². The molecule has 38 heavy (non-hydrogen) atoms. The number of Topliss-reactive ketones (excluding diaryl/α,β-unsaturated/α-hetero) is 1. The molecule has 1 aliphatic heterocycles. The van der Waals surface area contributed by atoms with Gasteiger partial charge in [-0.25, -0.2) is 0 Å². The van der Waals surface area contributed by atoms with Gasteiger partial charge in [0.05, 0.1) is 24.6 Å². The van der Waals surface area contributed by atoms with Crippen LogP contribution in [-0.4, -0.2) is 48.6 Å². The Morgan fingerprint density at radius 3 is 2.26 bits per heavy atom. The number of benzene rings is 3. The standard InChI is InChI=1S/C30H30N2O6/c1-4-16-38-24-7-5-6-21(18-24)28(35)26-27(20-10-14-22(15-11-20)31(2)3)32(30(37)29(26)36)23-12-8-19(9-13-23)17-25(33)34/h5-15,18,27,35H,4,16-17H2,1-3H3,(H,33,34)/b28-26-. The lowest BCUT2D eigenvalue weighted by molar-refractivity contribution is -0.136. The Morgan fingerprint density at radius 1 is 0.974 bits per heavy atom. The van der Waals surface area contributed by atoms with E-state index in [-0.39, 0.29) is 17.8 Å². The number of ether oxygens (including phenoxy) is 1. The largest absolute Gasteiger partial charge is 0.507 e. The summed E-state index contributed by atoms with van der Waals surface area (Å²) in [6.07, 6.45) is 0.653. The van der Waals surface area contributed by atoms with Crippen molar-refractivity contribution < 1.29 is 29.3 Å². The zero-order valence-corrected chi connectivity index (χ0v) is 21.5. The highest BCUT2D eigenvalue weighted by Gasteiger charge is 2.47. The lowest BCUT2D eigenvalue weighted by atomic mass is 9.94. The molecule has 1 amide bonds. The normalized spacial score (nSPS) is 16.5. The molecule has 8 heteroatoms. The molecular weight excluding hydrogens is 484 g/mol. The van der Waals surface area contributed by atoms with Gasteiger partial charge in [0.15, 0.2) is 0 Å². The summed E-state index contributed by atoms with van der Waals surface area (Å²) in [7, 11) is 3.82. The van der Waals surface area contributed by atoms with Crippen LogP contribution in [0.2, 0.25) is 0 Å². The molecule has 1 fully saturated rings. The molecule has 0 aromatic heterocycles. The average molecular weight is 515 g/mol. The number of amides is 1. The molecule has 0 aliphatic carbocycles. The number of nitrogens with zero attached hydrogens (tertiary/aromatic N) is 2. The number of aliphatic hydroxyl groups is 1. The predicted octanol–water partition coefficient (Wildman–Crippen LogP) is 4.79. The maximum Gasteiger partial charge on any atom is 0.307 e. The van der Waals surface area contributed by atoms with Crippen molar-refractivity contribution >= 4 is 34.8 Å². The van der Waals surface area contributed by atoms with Gasteiger partial charge in [-0.15, -0.1) is 0 Å². The molecule has 1 heterocycles. The first kappa shape index (κ1) is 26.5. The third kappa shape index (κ3) is 5.39. The number of carboxylic acids is 1. The summed E-state index contributed by atoms with van der Waals surface area (Å²) in [6.45, 7) is 2.49. The minimum absolute atomic E-state index is 0.0325. The van der Waals surface area contributed by atoms with Crippen LogP contribution in [0, 0.1) is 0 Å². The summed E-state index contributed by atoms with van der Waals surface area (Å²) in [5, 5.41) is 20.5. The molecule has 1 atom stereocenters. The number of aliphatic carboxylic acids is 1. The number of aliphatic hydroxyl groups excluding tert-OH is 1. The van der Waals surface area contributed by atoms with Crippen LogP contribution < -0.4 is 14.5 Å². The highest BCUT2D eigenvalue weighted by molar-refractivity contribution is 6.51. The van der Waals surface area contributed by atoms with Crippen molar-refractivity contribution in [1.82, 2.24) is 0 Å². The molecule has 0 spiro atoms. The smallest absolute Gasteiger partial charge is 0.307 e. The van der Waals surface area contributed by atoms with E-state index in [1.54, 1.807) is 48.5 Å². The number of ketones is 1. The van der Waals surface area contributed by atoms with Gasteiger partial charge in [-0.3, -0.25) is 19.3 Å². The van der Waals surface area contributed by atoms with Crippen molar-refractivity contribution in [2.24, 2.45) is 0 Å². The number of anilines is 2. The summed E-state index contributed by atoms with van der Waals surface area (Å²) in [5.74, 6) is -2.30. The summed E-state index contributed by atoms with van der Waals surface area (Å²) in [5.41, 5.74) is 2.89. The second-order valence-electron chi connectivity index (χ2n) is 9.27. The summed E-state index contributed by atoms with van der Waals surface area (Å²) in [4.78, 5) is 41.2. The van der Waals surface area contributed by atoms with E-state index < -0.39 is 23.7 Å². The van der Waals surface area contributed by atoms with Crippen molar-refractivity contribution in [2.45, 2.75) is 25.8 Å². The molecule has 4 rings (SSSR count). The number of carboxylic acid groups (broad SMARTS) is 1. The van der Waals surface area contributed by atoms with Gasteiger partial charge in [0.1, 0.15) is 11.5 Å². The molecular formula is C30H30N2O6. The van der Waals surface area contributed by atoms with Crippen LogP contribution >= 0.6 is 0 Å². The molecule has 8 nitrogen and oxygen atoms in total. The summed E-state index contributed by atoms with van der Waals surface area (Å²) >= 11 is 0. The summed E-state index contributed by atoms with van der Waals surface area (Å²) in [6, 6.07) is 19.8. The van der Waals surface area contributed by atoms with Gasteiger partial charge in [-0.2, -0.15) is 0 Å². The van der Waals surface area contributed by atoms with E-state index in [0.29, 0.717) is 34.7 Å². The van der Waals surface area contributed by atoms with Crippen LogP contribution in [0.3, 0.4) is 0 Å².